The van der Waals surface area contributed by atoms with Crippen molar-refractivity contribution in [2.24, 2.45) is 5.41 Å². The lowest BCUT2D eigenvalue weighted by Crippen LogP contribution is -2.48. The molecule has 1 aromatic carbocycles. The number of ether oxygens (including phenoxy) is 2. The molecule has 1 amide bonds. The number of benzene rings is 1. The second-order valence-electron chi connectivity index (χ2n) is 7.06. The third kappa shape index (κ3) is 3.54. The molecule has 0 N–H and O–H groups in total. The number of rotatable bonds is 3. The first-order valence-electron chi connectivity index (χ1n) is 8.88. The molecule has 3 rings (SSSR count). The molecule has 1 aromatic rings. The molecule has 26 heavy (non-hydrogen) atoms. The average molecular weight is 363 g/mol. The number of nitro benzene ring substituents is 1. The maximum absolute atomic E-state index is 11.6. The van der Waals surface area contributed by atoms with Crippen molar-refractivity contribution in [3.63, 3.8) is 0 Å². The van der Waals surface area contributed by atoms with Crippen molar-refractivity contribution in [2.45, 2.75) is 25.7 Å². The summed E-state index contributed by atoms with van der Waals surface area (Å²) in [6, 6.07) is 5.04. The van der Waals surface area contributed by atoms with E-state index in [0.29, 0.717) is 5.75 Å². The molecule has 0 unspecified atom stereocenters. The normalized spacial score (nSPS) is 19.3. The van der Waals surface area contributed by atoms with Crippen molar-refractivity contribution >= 4 is 17.5 Å². The van der Waals surface area contributed by atoms with Gasteiger partial charge in [-0.05, 0) is 37.2 Å². The zero-order valence-corrected chi connectivity index (χ0v) is 15.3. The molecule has 1 spiro atoms. The van der Waals surface area contributed by atoms with Gasteiger partial charge in [-0.1, -0.05) is 0 Å². The van der Waals surface area contributed by atoms with Crippen LogP contribution in [0.25, 0.3) is 0 Å². The van der Waals surface area contributed by atoms with Crippen LogP contribution in [0.5, 0.6) is 5.75 Å². The summed E-state index contributed by atoms with van der Waals surface area (Å²) < 4.78 is 9.98. The average Bonchev–Trinajstić information content (AvgIpc) is 2.68. The first-order valence-corrected chi connectivity index (χ1v) is 8.88. The SMILES string of the molecule is COC(=O)N1CCC2(CC1)CCN(c1ccc([N+](=O)[O-])c(OC)c1)CC2. The minimum absolute atomic E-state index is 0.0140. The predicted octanol–water partition coefficient (Wildman–Crippen LogP) is 3.05. The number of likely N-dealkylation sites (tertiary alicyclic amines) is 1. The van der Waals surface area contributed by atoms with Crippen LogP contribution in [0.1, 0.15) is 25.7 Å². The summed E-state index contributed by atoms with van der Waals surface area (Å²) in [6.45, 7) is 3.30. The molecule has 0 bridgehead atoms. The van der Waals surface area contributed by atoms with E-state index < -0.39 is 4.92 Å². The Bertz CT molecular complexity index is 675. The van der Waals surface area contributed by atoms with Crippen LogP contribution in [0.2, 0.25) is 0 Å². The van der Waals surface area contributed by atoms with E-state index in [1.807, 2.05) is 0 Å². The second-order valence-corrected chi connectivity index (χ2v) is 7.06. The number of carbonyl (C=O) groups is 1. The molecule has 8 nitrogen and oxygen atoms in total. The highest BCUT2D eigenvalue weighted by molar-refractivity contribution is 5.67. The Morgan fingerprint density at radius 2 is 1.73 bits per heavy atom. The summed E-state index contributed by atoms with van der Waals surface area (Å²) in [7, 11) is 2.87. The minimum atomic E-state index is -0.428. The van der Waals surface area contributed by atoms with Gasteiger partial charge >= 0.3 is 11.8 Å². The number of nitrogens with zero attached hydrogens (tertiary/aromatic N) is 3. The summed E-state index contributed by atoms with van der Waals surface area (Å²) in [5.41, 5.74) is 1.22. The van der Waals surface area contributed by atoms with Crippen LogP contribution < -0.4 is 9.64 Å². The minimum Gasteiger partial charge on any atom is -0.490 e. The number of amides is 1. The van der Waals surface area contributed by atoms with Crippen molar-refractivity contribution in [3.05, 3.63) is 28.3 Å². The fraction of sp³-hybridized carbons (Fsp3) is 0.611. The summed E-state index contributed by atoms with van der Waals surface area (Å²) >= 11 is 0. The van der Waals surface area contributed by atoms with E-state index in [1.54, 1.807) is 17.0 Å². The van der Waals surface area contributed by atoms with E-state index in [9.17, 15) is 14.9 Å². The van der Waals surface area contributed by atoms with Crippen molar-refractivity contribution in [1.29, 1.82) is 0 Å². The van der Waals surface area contributed by atoms with Crippen LogP contribution in [-0.2, 0) is 4.74 Å². The van der Waals surface area contributed by atoms with Crippen molar-refractivity contribution in [1.82, 2.24) is 4.90 Å². The number of hydrogen-bond donors (Lipinski definition) is 0. The summed E-state index contributed by atoms with van der Waals surface area (Å²) in [5.74, 6) is 0.291. The van der Waals surface area contributed by atoms with E-state index in [2.05, 4.69) is 4.90 Å². The zero-order chi connectivity index (χ0) is 18.7. The molecule has 2 heterocycles. The second kappa shape index (κ2) is 7.39. The number of anilines is 1. The number of piperidine rings is 2. The van der Waals surface area contributed by atoms with Gasteiger partial charge in [0, 0.05) is 44.0 Å². The highest BCUT2D eigenvalue weighted by Gasteiger charge is 2.39. The van der Waals surface area contributed by atoms with Crippen LogP contribution in [-0.4, -0.2) is 56.3 Å². The lowest BCUT2D eigenvalue weighted by Gasteiger charge is -2.47. The largest absolute Gasteiger partial charge is 0.490 e. The Hall–Kier alpha value is -2.51. The molecule has 2 fully saturated rings. The van der Waals surface area contributed by atoms with Crippen molar-refractivity contribution in [2.75, 3.05) is 45.3 Å². The Morgan fingerprint density at radius 1 is 1.12 bits per heavy atom. The van der Waals surface area contributed by atoms with Crippen molar-refractivity contribution < 1.29 is 19.2 Å². The van der Waals surface area contributed by atoms with Gasteiger partial charge in [-0.25, -0.2) is 4.79 Å². The summed E-state index contributed by atoms with van der Waals surface area (Å²) in [4.78, 5) is 26.3. The lowest BCUT2D eigenvalue weighted by molar-refractivity contribution is -0.385. The van der Waals surface area contributed by atoms with Gasteiger partial charge in [0.1, 0.15) is 0 Å². The number of methoxy groups -OCH3 is 2. The highest BCUT2D eigenvalue weighted by atomic mass is 16.6. The monoisotopic (exact) mass is 363 g/mol. The van der Waals surface area contributed by atoms with E-state index >= 15 is 0 Å². The smallest absolute Gasteiger partial charge is 0.409 e. The van der Waals surface area contributed by atoms with E-state index in [-0.39, 0.29) is 17.2 Å². The zero-order valence-electron chi connectivity index (χ0n) is 15.3. The number of hydrogen-bond acceptors (Lipinski definition) is 6. The quantitative estimate of drug-likeness (QED) is 0.606. The Kier molecular flexibility index (Phi) is 5.20. The molecule has 2 aliphatic heterocycles. The maximum atomic E-state index is 11.6. The molecule has 0 saturated carbocycles. The topological polar surface area (TPSA) is 85.2 Å². The first-order chi connectivity index (χ1) is 12.5. The van der Waals surface area contributed by atoms with E-state index in [1.165, 1.54) is 20.3 Å². The molecule has 2 aliphatic rings. The molecule has 142 valence electrons. The van der Waals surface area contributed by atoms with Gasteiger partial charge in [0.2, 0.25) is 0 Å². The van der Waals surface area contributed by atoms with Gasteiger partial charge in [-0.2, -0.15) is 0 Å². The molecular formula is C18H25N3O5. The van der Waals surface area contributed by atoms with E-state index in [0.717, 1.165) is 57.5 Å². The fourth-order valence-corrected chi connectivity index (χ4v) is 4.05. The van der Waals surface area contributed by atoms with Gasteiger partial charge in [0.25, 0.3) is 0 Å². The maximum Gasteiger partial charge on any atom is 0.409 e. The van der Waals surface area contributed by atoms with Gasteiger partial charge < -0.3 is 19.3 Å². The Morgan fingerprint density at radius 3 is 2.27 bits per heavy atom. The summed E-state index contributed by atoms with van der Waals surface area (Å²) in [6.07, 6.45) is 3.87. The van der Waals surface area contributed by atoms with Crippen LogP contribution in [0, 0.1) is 15.5 Å². The standard InChI is InChI=1S/C18H25N3O5/c1-25-16-13-14(3-4-15(16)21(23)24)19-9-5-18(6-10-19)7-11-20(12-8-18)17(22)26-2/h3-4,13H,5-12H2,1-2H3. The molecular weight excluding hydrogens is 338 g/mol. The molecule has 0 aromatic heterocycles. The fourth-order valence-electron chi connectivity index (χ4n) is 4.05. The molecule has 2 saturated heterocycles. The lowest BCUT2D eigenvalue weighted by atomic mass is 9.71. The predicted molar refractivity (Wildman–Crippen MR) is 96.7 cm³/mol. The van der Waals surface area contributed by atoms with Gasteiger partial charge in [0.15, 0.2) is 5.75 Å². The molecule has 8 heteroatoms. The van der Waals surface area contributed by atoms with Gasteiger partial charge in [-0.3, -0.25) is 10.1 Å². The van der Waals surface area contributed by atoms with Crippen molar-refractivity contribution in [3.8, 4) is 5.75 Å². The summed E-state index contributed by atoms with van der Waals surface area (Å²) in [5, 5.41) is 11.0. The third-order valence-electron chi connectivity index (χ3n) is 5.81. The first kappa shape index (κ1) is 18.3. The Balaban J connectivity index is 1.62. The molecule has 0 atom stereocenters. The third-order valence-corrected chi connectivity index (χ3v) is 5.81. The van der Waals surface area contributed by atoms with Crippen LogP contribution in [0.4, 0.5) is 16.2 Å². The molecule has 0 aliphatic carbocycles. The number of carbonyl (C=O) groups excluding carboxylic acids is 1. The van der Waals surface area contributed by atoms with Crippen LogP contribution in [0.15, 0.2) is 18.2 Å². The molecule has 0 radical (unpaired) electrons. The number of nitro groups is 1. The Labute approximate surface area is 152 Å². The highest BCUT2D eigenvalue weighted by Crippen LogP contribution is 2.43. The van der Waals surface area contributed by atoms with Gasteiger partial charge in [-0.15, -0.1) is 0 Å². The van der Waals surface area contributed by atoms with E-state index in [4.69, 9.17) is 9.47 Å². The van der Waals surface area contributed by atoms with Gasteiger partial charge in [0.05, 0.1) is 19.1 Å². The van der Waals surface area contributed by atoms with Crippen LogP contribution >= 0.6 is 0 Å². The van der Waals surface area contributed by atoms with Crippen LogP contribution in [0.3, 0.4) is 0 Å².